The van der Waals surface area contributed by atoms with Crippen molar-refractivity contribution in [3.8, 4) is 6.07 Å². The second kappa shape index (κ2) is 12.0. The Kier molecular flexibility index (Phi) is 8.13. The summed E-state index contributed by atoms with van der Waals surface area (Å²) in [6.45, 7) is 0. The SMILES string of the molecule is N#Cc1cc(CPC(c2ccccc2)(c2ccccc2)c2ccccc2)cnc1Sc1ccc([N+](=O)[O-])cc1. The van der Waals surface area contributed by atoms with Crippen LogP contribution >= 0.6 is 20.3 Å². The summed E-state index contributed by atoms with van der Waals surface area (Å²) >= 11 is 1.33. The first-order valence-corrected chi connectivity index (χ1v) is 14.4. The van der Waals surface area contributed by atoms with Crippen molar-refractivity contribution in [1.82, 2.24) is 4.98 Å². The van der Waals surface area contributed by atoms with Gasteiger partial charge in [0.15, 0.2) is 0 Å². The van der Waals surface area contributed by atoms with E-state index in [-0.39, 0.29) is 10.8 Å². The molecule has 0 bridgehead atoms. The van der Waals surface area contributed by atoms with Crippen molar-refractivity contribution >= 4 is 26.0 Å². The number of benzene rings is 4. The Labute approximate surface area is 233 Å². The molecule has 5 rings (SSSR count). The molecule has 190 valence electrons. The van der Waals surface area contributed by atoms with Gasteiger partial charge in [-0.15, -0.1) is 0 Å². The van der Waals surface area contributed by atoms with Crippen LogP contribution in [0.25, 0.3) is 0 Å². The maximum Gasteiger partial charge on any atom is 0.269 e. The van der Waals surface area contributed by atoms with Crippen molar-refractivity contribution < 1.29 is 4.92 Å². The molecule has 5 aromatic rings. The quantitative estimate of drug-likeness (QED) is 0.0807. The molecular formula is C32H24N3O2PS. The van der Waals surface area contributed by atoms with Gasteiger partial charge in [0.05, 0.1) is 15.6 Å². The first kappa shape index (κ1) is 26.3. The number of nitro groups is 1. The van der Waals surface area contributed by atoms with Gasteiger partial charge in [-0.05, 0) is 46.6 Å². The van der Waals surface area contributed by atoms with E-state index in [0.29, 0.717) is 19.2 Å². The lowest BCUT2D eigenvalue weighted by molar-refractivity contribution is -0.384. The van der Waals surface area contributed by atoms with Crippen LogP contribution in [0.2, 0.25) is 0 Å². The number of pyridine rings is 1. The van der Waals surface area contributed by atoms with Gasteiger partial charge in [-0.2, -0.15) is 5.26 Å². The molecule has 0 N–H and O–H groups in total. The van der Waals surface area contributed by atoms with Crippen molar-refractivity contribution in [2.75, 3.05) is 0 Å². The number of nitrogens with zero attached hydrogens (tertiary/aromatic N) is 3. The predicted molar refractivity (Wildman–Crippen MR) is 157 cm³/mol. The molecule has 0 aliphatic carbocycles. The fourth-order valence-corrected chi connectivity index (χ4v) is 7.20. The van der Waals surface area contributed by atoms with Crippen molar-refractivity contribution in [2.24, 2.45) is 0 Å². The van der Waals surface area contributed by atoms with Crippen molar-refractivity contribution in [3.05, 3.63) is 165 Å². The molecule has 4 aromatic carbocycles. The van der Waals surface area contributed by atoms with E-state index < -0.39 is 4.92 Å². The van der Waals surface area contributed by atoms with Crippen LogP contribution in [0.1, 0.15) is 27.8 Å². The maximum atomic E-state index is 11.0. The van der Waals surface area contributed by atoms with Gasteiger partial charge in [-0.1, -0.05) is 111 Å². The average Bonchev–Trinajstić information content (AvgIpc) is 3.00. The Hall–Kier alpha value is -4.30. The van der Waals surface area contributed by atoms with Crippen LogP contribution in [0.3, 0.4) is 0 Å². The zero-order chi connectivity index (χ0) is 27.1. The molecule has 0 spiro atoms. The molecule has 7 heteroatoms. The van der Waals surface area contributed by atoms with Gasteiger partial charge in [0.2, 0.25) is 0 Å². The molecule has 1 atom stereocenters. The average molecular weight is 546 g/mol. The third-order valence-electron chi connectivity index (χ3n) is 6.47. The maximum absolute atomic E-state index is 11.0. The minimum Gasteiger partial charge on any atom is -0.258 e. The molecule has 5 nitrogen and oxygen atoms in total. The summed E-state index contributed by atoms with van der Waals surface area (Å²) in [6.07, 6.45) is 2.58. The Morgan fingerprint density at radius 1 is 0.821 bits per heavy atom. The molecule has 0 amide bonds. The fourth-order valence-electron chi connectivity index (χ4n) is 4.61. The lowest BCUT2D eigenvalue weighted by Crippen LogP contribution is -2.24. The van der Waals surface area contributed by atoms with Crippen LogP contribution < -0.4 is 0 Å². The van der Waals surface area contributed by atoms with E-state index in [9.17, 15) is 15.4 Å². The van der Waals surface area contributed by atoms with Gasteiger partial charge in [0, 0.05) is 23.2 Å². The first-order valence-electron chi connectivity index (χ1n) is 12.3. The summed E-state index contributed by atoms with van der Waals surface area (Å²) in [7, 11) is 0.447. The van der Waals surface area contributed by atoms with Crippen LogP contribution in [0, 0.1) is 21.4 Å². The largest absolute Gasteiger partial charge is 0.269 e. The van der Waals surface area contributed by atoms with Crippen LogP contribution in [0.4, 0.5) is 5.69 Å². The molecule has 0 saturated carbocycles. The van der Waals surface area contributed by atoms with Crippen LogP contribution in [0.5, 0.6) is 0 Å². The number of hydrogen-bond acceptors (Lipinski definition) is 5. The first-order chi connectivity index (χ1) is 19.1. The van der Waals surface area contributed by atoms with Gasteiger partial charge < -0.3 is 0 Å². The normalized spacial score (nSPS) is 11.4. The predicted octanol–water partition coefficient (Wildman–Crippen LogP) is 8.18. The number of nitro benzene ring substituents is 1. The molecule has 0 radical (unpaired) electrons. The van der Waals surface area contributed by atoms with Crippen LogP contribution in [0.15, 0.2) is 137 Å². The van der Waals surface area contributed by atoms with E-state index in [0.717, 1.165) is 16.6 Å². The zero-order valence-corrected chi connectivity index (χ0v) is 22.7. The number of rotatable bonds is 9. The fraction of sp³-hybridized carbons (Fsp3) is 0.0625. The third-order valence-corrected chi connectivity index (χ3v) is 9.48. The highest BCUT2D eigenvalue weighted by Crippen LogP contribution is 2.53. The Morgan fingerprint density at radius 2 is 1.33 bits per heavy atom. The van der Waals surface area contributed by atoms with E-state index in [1.54, 1.807) is 12.1 Å². The molecule has 0 saturated heterocycles. The number of nitriles is 1. The topological polar surface area (TPSA) is 79.8 Å². The highest BCUT2D eigenvalue weighted by molar-refractivity contribution is 7.99. The van der Waals surface area contributed by atoms with Gasteiger partial charge in [0.25, 0.3) is 5.69 Å². The molecule has 1 heterocycles. The van der Waals surface area contributed by atoms with E-state index in [2.05, 4.69) is 83.8 Å². The smallest absolute Gasteiger partial charge is 0.258 e. The molecule has 0 fully saturated rings. The van der Waals surface area contributed by atoms with E-state index in [4.69, 9.17) is 0 Å². The lowest BCUT2D eigenvalue weighted by Gasteiger charge is -2.36. The minimum atomic E-state index is -0.427. The summed E-state index contributed by atoms with van der Waals surface area (Å²) in [5, 5.41) is 21.1. The van der Waals surface area contributed by atoms with Crippen molar-refractivity contribution in [2.45, 2.75) is 21.2 Å². The Balaban J connectivity index is 1.48. The summed E-state index contributed by atoms with van der Waals surface area (Å²) in [5.74, 6) is 0. The Morgan fingerprint density at radius 3 is 1.79 bits per heavy atom. The molecule has 1 aromatic heterocycles. The minimum absolute atomic E-state index is 0.0305. The van der Waals surface area contributed by atoms with Gasteiger partial charge in [-0.3, -0.25) is 10.1 Å². The molecule has 1 unspecified atom stereocenters. The van der Waals surface area contributed by atoms with E-state index in [1.807, 2.05) is 30.5 Å². The number of aromatic nitrogens is 1. The summed E-state index contributed by atoms with van der Waals surface area (Å²) < 4.78 is 0. The van der Waals surface area contributed by atoms with E-state index >= 15 is 0 Å². The number of hydrogen-bond donors (Lipinski definition) is 0. The summed E-state index contributed by atoms with van der Waals surface area (Å²) in [4.78, 5) is 15.9. The summed E-state index contributed by atoms with van der Waals surface area (Å²) in [6, 6.07) is 42.2. The van der Waals surface area contributed by atoms with Crippen LogP contribution in [-0.2, 0) is 11.3 Å². The molecule has 39 heavy (non-hydrogen) atoms. The standard InChI is InChI=1S/C32H24N3O2PS/c33-21-25-20-24(22-34-31(25)39-30-18-16-29(17-19-30)35(36)37)23-38-32(26-10-4-1-5-11-26,27-12-6-2-7-13-27)28-14-8-3-9-15-28/h1-20,22,38H,23H2. The van der Waals surface area contributed by atoms with Gasteiger partial charge in [0.1, 0.15) is 11.1 Å². The van der Waals surface area contributed by atoms with Gasteiger partial charge >= 0.3 is 0 Å². The second-order valence-corrected chi connectivity index (χ2v) is 11.4. The lowest BCUT2D eigenvalue weighted by atomic mass is 9.84. The Bertz CT molecular complexity index is 1510. The zero-order valence-electron chi connectivity index (χ0n) is 20.9. The van der Waals surface area contributed by atoms with Crippen LogP contribution in [-0.4, -0.2) is 9.91 Å². The highest BCUT2D eigenvalue weighted by Gasteiger charge is 2.36. The molecule has 0 aliphatic heterocycles. The van der Waals surface area contributed by atoms with Crippen molar-refractivity contribution in [3.63, 3.8) is 0 Å². The molecule has 0 aliphatic rings. The van der Waals surface area contributed by atoms with Crippen molar-refractivity contribution in [1.29, 1.82) is 5.26 Å². The van der Waals surface area contributed by atoms with E-state index in [1.165, 1.54) is 40.6 Å². The summed E-state index contributed by atoms with van der Waals surface area (Å²) in [5.41, 5.74) is 5.18. The second-order valence-electron chi connectivity index (χ2n) is 8.86. The highest BCUT2D eigenvalue weighted by atomic mass is 32.2. The van der Waals surface area contributed by atoms with Gasteiger partial charge in [-0.25, -0.2) is 4.98 Å². The monoisotopic (exact) mass is 545 g/mol. The molecular weight excluding hydrogens is 521 g/mol. The third kappa shape index (κ3) is 5.76. The number of non-ortho nitro benzene ring substituents is 1.